The van der Waals surface area contributed by atoms with Gasteiger partial charge in [-0.05, 0) is 92.4 Å². The predicted octanol–water partition coefficient (Wildman–Crippen LogP) is 8.12. The number of hydrogen-bond acceptors (Lipinski definition) is 5. The number of fused-ring (bicyclic) bond motifs is 1. The van der Waals surface area contributed by atoms with Crippen LogP contribution in [-0.4, -0.2) is 45.4 Å². The maximum Gasteiger partial charge on any atom is 0.407 e. The molecule has 1 amide bonds. The van der Waals surface area contributed by atoms with Gasteiger partial charge in [0, 0.05) is 36.3 Å². The monoisotopic (exact) mass is 679 g/mol. The summed E-state index contributed by atoms with van der Waals surface area (Å²) < 4.78 is 36.6. The Bertz CT molecular complexity index is 1470. The largest absolute Gasteiger partial charge is 0.444 e. The highest BCUT2D eigenvalue weighted by Crippen LogP contribution is 2.38. The quantitative estimate of drug-likeness (QED) is 0.155. The second-order valence-corrected chi connectivity index (χ2v) is 12.5. The Morgan fingerprint density at radius 2 is 1.95 bits per heavy atom. The van der Waals surface area contributed by atoms with Crippen molar-refractivity contribution in [3.8, 4) is 11.3 Å². The van der Waals surface area contributed by atoms with Crippen molar-refractivity contribution in [2.24, 2.45) is 0 Å². The van der Waals surface area contributed by atoms with Gasteiger partial charge < -0.3 is 15.0 Å². The third-order valence-electron chi connectivity index (χ3n) is 6.54. The van der Waals surface area contributed by atoms with Gasteiger partial charge in [0.05, 0.1) is 29.3 Å². The van der Waals surface area contributed by atoms with E-state index in [1.54, 1.807) is 18.3 Å². The van der Waals surface area contributed by atoms with Gasteiger partial charge in [0.2, 0.25) is 0 Å². The molecule has 7 nitrogen and oxygen atoms in total. The number of rotatable bonds is 7. The maximum atomic E-state index is 14.7. The number of alkyl carbamates (subject to hydrolysis) is 1. The Morgan fingerprint density at radius 1 is 1.23 bits per heavy atom. The van der Waals surface area contributed by atoms with Gasteiger partial charge in [0.15, 0.2) is 0 Å². The van der Waals surface area contributed by atoms with Crippen LogP contribution in [0.4, 0.5) is 19.3 Å². The number of pyridine rings is 1. The van der Waals surface area contributed by atoms with Crippen molar-refractivity contribution in [2.75, 3.05) is 18.0 Å². The van der Waals surface area contributed by atoms with E-state index in [4.69, 9.17) is 9.84 Å². The number of halogens is 3. The van der Waals surface area contributed by atoms with Crippen LogP contribution in [0.2, 0.25) is 0 Å². The Balaban J connectivity index is 1.62. The van der Waals surface area contributed by atoms with Crippen molar-refractivity contribution < 1.29 is 18.3 Å². The molecule has 212 valence electrons. The van der Waals surface area contributed by atoms with Crippen LogP contribution in [0.3, 0.4) is 0 Å². The molecule has 0 bridgehead atoms. The molecule has 0 spiro atoms. The highest BCUT2D eigenvalue weighted by molar-refractivity contribution is 14.2. The molecule has 0 saturated carbocycles. The minimum atomic E-state index is -0.729. The van der Waals surface area contributed by atoms with Crippen LogP contribution in [0.5, 0.6) is 0 Å². The number of nitrogens with one attached hydrogen (secondary N) is 1. The molecule has 3 heterocycles. The van der Waals surface area contributed by atoms with Gasteiger partial charge in [0.25, 0.3) is 0 Å². The van der Waals surface area contributed by atoms with Gasteiger partial charge in [-0.25, -0.2) is 18.0 Å². The van der Waals surface area contributed by atoms with E-state index in [0.717, 1.165) is 54.2 Å². The van der Waals surface area contributed by atoms with E-state index in [1.165, 1.54) is 13.0 Å². The zero-order valence-corrected chi connectivity index (χ0v) is 26.1. The lowest BCUT2D eigenvalue weighted by Crippen LogP contribution is -2.46. The molecule has 1 aromatic carbocycles. The van der Waals surface area contributed by atoms with E-state index in [-0.39, 0.29) is 11.6 Å². The maximum absolute atomic E-state index is 14.7. The van der Waals surface area contributed by atoms with Gasteiger partial charge in [-0.1, -0.05) is 18.7 Å². The molecule has 11 heteroatoms. The van der Waals surface area contributed by atoms with Crippen molar-refractivity contribution in [3.05, 3.63) is 72.6 Å². The fourth-order valence-corrected chi connectivity index (χ4v) is 6.20. The van der Waals surface area contributed by atoms with Gasteiger partial charge in [0.1, 0.15) is 22.9 Å². The van der Waals surface area contributed by atoms with Crippen LogP contribution >= 0.6 is 28.4 Å². The van der Waals surface area contributed by atoms with Gasteiger partial charge >= 0.3 is 6.09 Å². The average Bonchev–Trinajstić information content (AvgIpc) is 3.30. The average molecular weight is 679 g/mol. The number of carbonyl (C=O) groups is 1. The molecule has 4 rings (SSSR count). The molecule has 2 aromatic heterocycles. The molecule has 40 heavy (non-hydrogen) atoms. The Hall–Kier alpha value is -2.85. The summed E-state index contributed by atoms with van der Waals surface area (Å²) in [6.07, 6.45) is 7.32. The number of hydrogen-bond donors (Lipinski definition) is 1. The molecular weight excluding hydrogens is 646 g/mol. The van der Waals surface area contributed by atoms with Crippen LogP contribution < -0.4 is 10.2 Å². The first-order valence-corrected chi connectivity index (χ1v) is 17.0. The minimum absolute atomic E-state index is 0.0423. The first-order valence-electron chi connectivity index (χ1n) is 13.0. The second-order valence-electron chi connectivity index (χ2n) is 10.5. The third-order valence-corrected chi connectivity index (χ3v) is 8.41. The standard InChI is InChI=1S/C29H33F2IN5O2P/c1-6-23(30)26(24(31)7-2)18-8-9-25-22(15-18)27(35-37(25)40-32)19-14-21(17-33-16-19)36-12-10-20(11-13-36)34-28(38)39-29(3,4)5/h6-9,14-17,20,40H,1,10-13H2,2-5H3,(H,34,38)/b24-7+,26-23+. The number of anilines is 1. The van der Waals surface area contributed by atoms with Crippen molar-refractivity contribution >= 4 is 56.7 Å². The summed E-state index contributed by atoms with van der Waals surface area (Å²) in [7, 11) is 0. The zero-order valence-electron chi connectivity index (χ0n) is 23.0. The fraction of sp³-hybridized carbons (Fsp3) is 0.345. The van der Waals surface area contributed by atoms with E-state index < -0.39 is 23.3 Å². The molecule has 1 fully saturated rings. The van der Waals surface area contributed by atoms with Gasteiger partial charge in [-0.3, -0.25) is 4.98 Å². The molecule has 1 atom stereocenters. The molecule has 1 aliphatic rings. The topological polar surface area (TPSA) is 72.3 Å². The minimum Gasteiger partial charge on any atom is -0.444 e. The van der Waals surface area contributed by atoms with E-state index in [1.807, 2.05) is 43.6 Å². The van der Waals surface area contributed by atoms with E-state index >= 15 is 0 Å². The number of benzene rings is 1. The van der Waals surface area contributed by atoms with Crippen molar-refractivity contribution in [1.82, 2.24) is 19.9 Å². The van der Waals surface area contributed by atoms with Gasteiger partial charge in [-0.15, -0.1) is 0 Å². The number of aromatic nitrogens is 3. The SMILES string of the molecule is C=C/C(F)=C(\C(F)=C/C)c1ccc2c(c1)c(-c1cncc(N3CCC(NC(=O)OC(C)(C)C)CC3)c1)nn2PI. The first-order chi connectivity index (χ1) is 19.0. The molecule has 1 N–H and O–H groups in total. The number of nitrogens with zero attached hydrogens (tertiary/aromatic N) is 4. The second kappa shape index (κ2) is 12.8. The summed E-state index contributed by atoms with van der Waals surface area (Å²) in [4.78, 5) is 18.9. The normalized spacial score (nSPS) is 16.0. The van der Waals surface area contributed by atoms with E-state index in [9.17, 15) is 13.6 Å². The smallest absolute Gasteiger partial charge is 0.407 e. The third kappa shape index (κ3) is 6.89. The number of ether oxygens (including phenoxy) is 1. The van der Waals surface area contributed by atoms with Crippen LogP contribution in [0.1, 0.15) is 46.1 Å². The summed E-state index contributed by atoms with van der Waals surface area (Å²) >= 11 is 2.26. The summed E-state index contributed by atoms with van der Waals surface area (Å²) in [5.74, 6) is -1.39. The van der Waals surface area contributed by atoms with E-state index in [0.29, 0.717) is 17.6 Å². The molecule has 0 radical (unpaired) electrons. The molecule has 3 aromatic rings. The molecule has 0 aliphatic carbocycles. The Labute approximate surface area is 248 Å². The van der Waals surface area contributed by atoms with Crippen LogP contribution in [0.15, 0.2) is 67.0 Å². The van der Waals surface area contributed by atoms with Crippen molar-refractivity contribution in [3.63, 3.8) is 0 Å². The lowest BCUT2D eigenvalue weighted by Gasteiger charge is -2.34. The summed E-state index contributed by atoms with van der Waals surface area (Å²) in [5, 5.41) is 8.58. The zero-order chi connectivity index (χ0) is 29.0. The highest BCUT2D eigenvalue weighted by Gasteiger charge is 2.25. The Kier molecular flexibility index (Phi) is 9.61. The van der Waals surface area contributed by atoms with E-state index in [2.05, 4.69) is 43.8 Å². The van der Waals surface area contributed by atoms with Crippen molar-refractivity contribution in [2.45, 2.75) is 52.2 Å². The Morgan fingerprint density at radius 3 is 2.58 bits per heavy atom. The summed E-state index contributed by atoms with van der Waals surface area (Å²) in [6.45, 7) is 12.0. The lowest BCUT2D eigenvalue weighted by molar-refractivity contribution is 0.0497. The molecule has 1 aliphatic heterocycles. The predicted molar refractivity (Wildman–Crippen MR) is 168 cm³/mol. The highest BCUT2D eigenvalue weighted by atomic mass is 127. The van der Waals surface area contributed by atoms with Gasteiger partial charge in [-0.2, -0.15) is 5.10 Å². The van der Waals surface area contributed by atoms with Crippen molar-refractivity contribution in [1.29, 1.82) is 0 Å². The number of allylic oxidation sites excluding steroid dienone is 5. The fourth-order valence-electron chi connectivity index (χ4n) is 4.67. The number of piperidine rings is 1. The van der Waals surface area contributed by atoms with Crippen LogP contribution in [0.25, 0.3) is 27.7 Å². The number of amides is 1. The van der Waals surface area contributed by atoms with Crippen LogP contribution in [0, 0.1) is 0 Å². The summed E-state index contributed by atoms with van der Waals surface area (Å²) in [5.41, 5.74) is 3.05. The summed E-state index contributed by atoms with van der Waals surface area (Å²) in [6, 6.07) is 7.39. The molecular formula is C29H33F2IN5O2P. The number of carbonyl (C=O) groups excluding carboxylic acids is 1. The molecule has 1 saturated heterocycles. The first kappa shape index (κ1) is 30.1. The van der Waals surface area contributed by atoms with Crippen LogP contribution in [-0.2, 0) is 4.74 Å². The molecule has 1 unspecified atom stereocenters. The lowest BCUT2D eigenvalue weighted by atomic mass is 9.99.